The van der Waals surface area contributed by atoms with Gasteiger partial charge in [0, 0.05) is 12.5 Å². The first-order chi connectivity index (χ1) is 8.34. The standard InChI is InChI=1S/C12H13N3.C2H6/c1-9-13-12-11(7-8-15(12)14-9)10-5-3-2-4-6-10;1-2/h2-6,11H,7-8H2,1H3;1-2H3. The van der Waals surface area contributed by atoms with E-state index in [-0.39, 0.29) is 0 Å². The van der Waals surface area contributed by atoms with Crippen LogP contribution in [0.1, 0.15) is 43.4 Å². The molecule has 0 N–H and O–H groups in total. The van der Waals surface area contributed by atoms with E-state index in [0.717, 1.165) is 24.6 Å². The first-order valence-corrected chi connectivity index (χ1v) is 6.31. The summed E-state index contributed by atoms with van der Waals surface area (Å²) in [5, 5.41) is 4.37. The molecule has 3 heteroatoms. The first kappa shape index (κ1) is 11.8. The maximum Gasteiger partial charge on any atom is 0.147 e. The number of rotatable bonds is 1. The molecule has 1 aliphatic heterocycles. The van der Waals surface area contributed by atoms with Gasteiger partial charge in [0.05, 0.1) is 0 Å². The van der Waals surface area contributed by atoms with Crippen LogP contribution in [0.5, 0.6) is 0 Å². The summed E-state index contributed by atoms with van der Waals surface area (Å²) in [6.45, 7) is 6.95. The number of hydrogen-bond donors (Lipinski definition) is 0. The fourth-order valence-electron chi connectivity index (χ4n) is 2.28. The van der Waals surface area contributed by atoms with E-state index in [4.69, 9.17) is 0 Å². The van der Waals surface area contributed by atoms with Gasteiger partial charge in [0.2, 0.25) is 0 Å². The third-order valence-electron chi connectivity index (χ3n) is 2.95. The Kier molecular flexibility index (Phi) is 3.57. The van der Waals surface area contributed by atoms with Crippen LogP contribution in [0.4, 0.5) is 0 Å². The van der Waals surface area contributed by atoms with Gasteiger partial charge in [0.15, 0.2) is 0 Å². The number of hydrogen-bond acceptors (Lipinski definition) is 2. The normalized spacial score (nSPS) is 17.2. The summed E-state index contributed by atoms with van der Waals surface area (Å²) >= 11 is 0. The van der Waals surface area contributed by atoms with Gasteiger partial charge in [-0.05, 0) is 18.9 Å². The lowest BCUT2D eigenvalue weighted by Gasteiger charge is -2.07. The van der Waals surface area contributed by atoms with Crippen LogP contribution >= 0.6 is 0 Å². The van der Waals surface area contributed by atoms with Crippen LogP contribution in [-0.2, 0) is 6.54 Å². The summed E-state index contributed by atoms with van der Waals surface area (Å²) in [6, 6.07) is 10.6. The number of aromatic nitrogens is 3. The minimum atomic E-state index is 0.437. The second-order valence-corrected chi connectivity index (χ2v) is 3.99. The maximum absolute atomic E-state index is 4.50. The molecule has 1 aliphatic rings. The third kappa shape index (κ3) is 2.23. The number of nitrogens with zero attached hydrogens (tertiary/aromatic N) is 3. The zero-order chi connectivity index (χ0) is 12.3. The van der Waals surface area contributed by atoms with Crippen molar-refractivity contribution in [2.45, 2.75) is 39.7 Å². The van der Waals surface area contributed by atoms with E-state index in [1.807, 2.05) is 25.5 Å². The summed E-state index contributed by atoms with van der Waals surface area (Å²) in [7, 11) is 0. The van der Waals surface area contributed by atoms with E-state index >= 15 is 0 Å². The van der Waals surface area contributed by atoms with Crippen molar-refractivity contribution in [2.75, 3.05) is 0 Å². The fourth-order valence-corrected chi connectivity index (χ4v) is 2.28. The summed E-state index contributed by atoms with van der Waals surface area (Å²) in [5.41, 5.74) is 1.35. The van der Waals surface area contributed by atoms with E-state index in [1.165, 1.54) is 5.56 Å². The minimum absolute atomic E-state index is 0.437. The van der Waals surface area contributed by atoms with Crippen LogP contribution in [0.2, 0.25) is 0 Å². The van der Waals surface area contributed by atoms with Crippen LogP contribution in [0.25, 0.3) is 0 Å². The second-order valence-electron chi connectivity index (χ2n) is 3.99. The molecule has 0 saturated carbocycles. The van der Waals surface area contributed by atoms with E-state index in [2.05, 4.69) is 40.4 Å². The van der Waals surface area contributed by atoms with Crippen molar-refractivity contribution in [3.8, 4) is 0 Å². The second kappa shape index (κ2) is 5.13. The van der Waals surface area contributed by atoms with Gasteiger partial charge in [0.1, 0.15) is 11.6 Å². The van der Waals surface area contributed by atoms with Crippen molar-refractivity contribution in [1.29, 1.82) is 0 Å². The predicted octanol–water partition coefficient (Wildman–Crippen LogP) is 3.15. The van der Waals surface area contributed by atoms with Crippen molar-refractivity contribution >= 4 is 0 Å². The Balaban J connectivity index is 0.000000514. The van der Waals surface area contributed by atoms with Gasteiger partial charge in [-0.25, -0.2) is 9.67 Å². The minimum Gasteiger partial charge on any atom is -0.249 e. The molecule has 0 bridgehead atoms. The van der Waals surface area contributed by atoms with Crippen molar-refractivity contribution in [2.24, 2.45) is 0 Å². The molecule has 0 fully saturated rings. The SMILES string of the molecule is CC.Cc1nc2n(n1)CCC2c1ccccc1. The number of benzene rings is 1. The molecule has 1 aromatic heterocycles. The molecule has 1 atom stereocenters. The van der Waals surface area contributed by atoms with Crippen molar-refractivity contribution in [3.63, 3.8) is 0 Å². The summed E-state index contributed by atoms with van der Waals surface area (Å²) in [6.07, 6.45) is 1.12. The van der Waals surface area contributed by atoms with E-state index < -0.39 is 0 Å². The molecule has 2 heterocycles. The highest BCUT2D eigenvalue weighted by atomic mass is 15.4. The van der Waals surface area contributed by atoms with Gasteiger partial charge < -0.3 is 0 Å². The number of aryl methyl sites for hydroxylation is 2. The highest BCUT2D eigenvalue weighted by molar-refractivity contribution is 5.27. The molecule has 1 unspecified atom stereocenters. The topological polar surface area (TPSA) is 30.7 Å². The summed E-state index contributed by atoms with van der Waals surface area (Å²) in [4.78, 5) is 4.50. The average molecular weight is 229 g/mol. The molecule has 2 aromatic rings. The quantitative estimate of drug-likeness (QED) is 0.752. The Morgan fingerprint density at radius 3 is 2.59 bits per heavy atom. The van der Waals surface area contributed by atoms with Gasteiger partial charge in [-0.1, -0.05) is 44.2 Å². The highest BCUT2D eigenvalue weighted by Gasteiger charge is 2.26. The maximum atomic E-state index is 4.50. The van der Waals surface area contributed by atoms with Crippen LogP contribution in [0, 0.1) is 6.92 Å². The summed E-state index contributed by atoms with van der Waals surface area (Å²) < 4.78 is 2.03. The third-order valence-corrected chi connectivity index (χ3v) is 2.95. The molecule has 0 aliphatic carbocycles. The molecule has 3 rings (SSSR count). The van der Waals surface area contributed by atoms with Gasteiger partial charge >= 0.3 is 0 Å². The van der Waals surface area contributed by atoms with Crippen LogP contribution in [-0.4, -0.2) is 14.8 Å². The van der Waals surface area contributed by atoms with Crippen molar-refractivity contribution in [1.82, 2.24) is 14.8 Å². The lowest BCUT2D eigenvalue weighted by atomic mass is 9.97. The molecular weight excluding hydrogens is 210 g/mol. The van der Waals surface area contributed by atoms with Crippen molar-refractivity contribution < 1.29 is 0 Å². The zero-order valence-corrected chi connectivity index (χ0v) is 10.7. The van der Waals surface area contributed by atoms with Gasteiger partial charge in [-0.2, -0.15) is 5.10 Å². The van der Waals surface area contributed by atoms with Crippen molar-refractivity contribution in [3.05, 3.63) is 47.5 Å². The predicted molar refractivity (Wildman–Crippen MR) is 69.0 cm³/mol. The highest BCUT2D eigenvalue weighted by Crippen LogP contribution is 2.32. The Morgan fingerprint density at radius 1 is 1.18 bits per heavy atom. The van der Waals surface area contributed by atoms with Crippen LogP contribution in [0.3, 0.4) is 0 Å². The molecule has 3 nitrogen and oxygen atoms in total. The van der Waals surface area contributed by atoms with Gasteiger partial charge in [-0.15, -0.1) is 0 Å². The largest absolute Gasteiger partial charge is 0.249 e. The lowest BCUT2D eigenvalue weighted by Crippen LogP contribution is -1.98. The van der Waals surface area contributed by atoms with Crippen LogP contribution < -0.4 is 0 Å². The Labute approximate surface area is 103 Å². The Bertz CT molecular complexity index is 473. The molecule has 17 heavy (non-hydrogen) atoms. The molecular formula is C14H19N3. The molecule has 1 aromatic carbocycles. The van der Waals surface area contributed by atoms with E-state index in [0.29, 0.717) is 5.92 Å². The molecule has 0 spiro atoms. The van der Waals surface area contributed by atoms with Crippen LogP contribution in [0.15, 0.2) is 30.3 Å². The van der Waals surface area contributed by atoms with Gasteiger partial charge in [-0.3, -0.25) is 0 Å². The average Bonchev–Trinajstić information content (AvgIpc) is 2.91. The van der Waals surface area contributed by atoms with Gasteiger partial charge in [0.25, 0.3) is 0 Å². The van der Waals surface area contributed by atoms with E-state index in [1.54, 1.807) is 0 Å². The zero-order valence-electron chi connectivity index (χ0n) is 10.7. The first-order valence-electron chi connectivity index (χ1n) is 6.31. The van der Waals surface area contributed by atoms with E-state index in [9.17, 15) is 0 Å². The summed E-state index contributed by atoms with van der Waals surface area (Å²) in [5.74, 6) is 2.44. The fraction of sp³-hybridized carbons (Fsp3) is 0.429. The molecule has 0 saturated heterocycles. The Hall–Kier alpha value is -1.64. The lowest BCUT2D eigenvalue weighted by molar-refractivity contribution is 0.642. The number of fused-ring (bicyclic) bond motifs is 1. The smallest absolute Gasteiger partial charge is 0.147 e. The Morgan fingerprint density at radius 2 is 1.88 bits per heavy atom. The monoisotopic (exact) mass is 229 g/mol. The molecule has 0 amide bonds. The molecule has 90 valence electrons. The molecule has 0 radical (unpaired) electrons.